The summed E-state index contributed by atoms with van der Waals surface area (Å²) in [5.41, 5.74) is 0. The van der Waals surface area contributed by atoms with Crippen LogP contribution in [0.5, 0.6) is 0 Å². The zero-order chi connectivity index (χ0) is 8.43. The summed E-state index contributed by atoms with van der Waals surface area (Å²) in [5, 5.41) is 18.2. The molecule has 0 saturated carbocycles. The molecule has 1 N–H and O–H groups in total. The van der Waals surface area contributed by atoms with E-state index in [4.69, 9.17) is 5.11 Å². The number of hydrogen-bond donors (Lipinski definition) is 1. The van der Waals surface area contributed by atoms with Crippen LogP contribution in [-0.2, 0) is 0 Å². The van der Waals surface area contributed by atoms with Gasteiger partial charge >= 0.3 is 6.55 Å². The molecular formula is C4H6F2N4O. The Kier molecular flexibility index (Phi) is 2.08. The van der Waals surface area contributed by atoms with Gasteiger partial charge in [-0.2, -0.15) is 8.78 Å². The summed E-state index contributed by atoms with van der Waals surface area (Å²) in [4.78, 5) is 0.141. The molecule has 1 unspecified atom stereocenters. The highest BCUT2D eigenvalue weighted by molar-refractivity contribution is 4.80. The lowest BCUT2D eigenvalue weighted by molar-refractivity contribution is 0.0387. The topological polar surface area (TPSA) is 63.8 Å². The molecule has 5 nitrogen and oxygen atoms in total. The van der Waals surface area contributed by atoms with Crippen molar-refractivity contribution in [1.29, 1.82) is 0 Å². The lowest BCUT2D eigenvalue weighted by atomic mass is 10.4. The van der Waals surface area contributed by atoms with E-state index in [0.717, 1.165) is 0 Å². The largest absolute Gasteiger partial charge is 0.385 e. The van der Waals surface area contributed by atoms with Crippen molar-refractivity contribution < 1.29 is 13.9 Å². The molecule has 0 aromatic carbocycles. The number of alkyl halides is 2. The van der Waals surface area contributed by atoms with E-state index in [0.29, 0.717) is 0 Å². The van der Waals surface area contributed by atoms with Crippen LogP contribution in [0.4, 0.5) is 8.78 Å². The van der Waals surface area contributed by atoms with Crippen molar-refractivity contribution in [3.05, 3.63) is 5.82 Å². The van der Waals surface area contributed by atoms with Crippen LogP contribution < -0.4 is 0 Å². The van der Waals surface area contributed by atoms with E-state index in [1.165, 1.54) is 6.92 Å². The highest BCUT2D eigenvalue weighted by Gasteiger charge is 2.13. The van der Waals surface area contributed by atoms with Crippen LogP contribution in [0.3, 0.4) is 0 Å². The molecule has 1 heterocycles. The minimum absolute atomic E-state index is 0.106. The fourth-order valence-electron chi connectivity index (χ4n) is 0.486. The van der Waals surface area contributed by atoms with E-state index in [9.17, 15) is 8.78 Å². The summed E-state index contributed by atoms with van der Waals surface area (Å²) in [6, 6.07) is 0. The van der Waals surface area contributed by atoms with Crippen LogP contribution >= 0.6 is 0 Å². The van der Waals surface area contributed by atoms with E-state index in [1.54, 1.807) is 0 Å². The Bertz CT molecular complexity index is 213. The van der Waals surface area contributed by atoms with Gasteiger partial charge in [-0.1, -0.05) is 4.80 Å². The molecule has 0 aliphatic heterocycles. The number of aliphatic hydroxyl groups is 1. The second-order valence-corrected chi connectivity index (χ2v) is 1.92. The molecule has 1 aromatic rings. The molecule has 7 heteroatoms. The monoisotopic (exact) mass is 164 g/mol. The second-order valence-electron chi connectivity index (χ2n) is 1.92. The summed E-state index contributed by atoms with van der Waals surface area (Å²) in [6.07, 6.45) is -0.970. The Morgan fingerprint density at radius 3 is 2.45 bits per heavy atom. The lowest BCUT2D eigenvalue weighted by Crippen LogP contribution is -2.03. The molecule has 0 aliphatic carbocycles. The SMILES string of the molecule is CC(O)c1nnn(C(F)F)n1. The summed E-state index contributed by atoms with van der Waals surface area (Å²) in [7, 11) is 0. The van der Waals surface area contributed by atoms with Crippen molar-refractivity contribution in [3.8, 4) is 0 Å². The van der Waals surface area contributed by atoms with Crippen LogP contribution in [0, 0.1) is 0 Å². The summed E-state index contributed by atoms with van der Waals surface area (Å²) >= 11 is 0. The van der Waals surface area contributed by atoms with Crippen molar-refractivity contribution in [3.63, 3.8) is 0 Å². The molecular weight excluding hydrogens is 158 g/mol. The number of halogens is 2. The van der Waals surface area contributed by atoms with E-state index >= 15 is 0 Å². The molecule has 1 aromatic heterocycles. The minimum atomic E-state index is -2.81. The van der Waals surface area contributed by atoms with E-state index in [1.807, 2.05) is 0 Å². The highest BCUT2D eigenvalue weighted by Crippen LogP contribution is 2.07. The molecule has 1 rings (SSSR count). The summed E-state index contributed by atoms with van der Waals surface area (Å²) < 4.78 is 23.5. The third-order valence-corrected chi connectivity index (χ3v) is 0.992. The number of hydrogen-bond acceptors (Lipinski definition) is 4. The first kappa shape index (κ1) is 7.99. The summed E-state index contributed by atoms with van der Waals surface area (Å²) in [6.45, 7) is -1.44. The van der Waals surface area contributed by atoms with Crippen LogP contribution in [-0.4, -0.2) is 25.3 Å². The fourth-order valence-corrected chi connectivity index (χ4v) is 0.486. The first-order valence-corrected chi connectivity index (χ1v) is 2.87. The zero-order valence-corrected chi connectivity index (χ0v) is 5.65. The molecule has 1 atom stereocenters. The van der Waals surface area contributed by atoms with Crippen molar-refractivity contribution in [2.75, 3.05) is 0 Å². The van der Waals surface area contributed by atoms with Crippen LogP contribution in [0.15, 0.2) is 0 Å². The normalized spacial score (nSPS) is 13.9. The Balaban J connectivity index is 2.82. The average Bonchev–Trinajstić information content (AvgIpc) is 2.33. The van der Waals surface area contributed by atoms with Gasteiger partial charge in [-0.25, -0.2) is 0 Å². The second kappa shape index (κ2) is 2.87. The molecule has 0 fully saturated rings. The molecule has 0 spiro atoms. The number of aromatic nitrogens is 4. The molecule has 0 aliphatic rings. The Labute approximate surface area is 60.6 Å². The number of aliphatic hydroxyl groups excluding tert-OH is 1. The molecule has 0 saturated heterocycles. The maximum atomic E-state index is 11.8. The Hall–Kier alpha value is -1.11. The average molecular weight is 164 g/mol. The predicted octanol–water partition coefficient (Wildman–Crippen LogP) is 0.121. The van der Waals surface area contributed by atoms with Crippen molar-refractivity contribution in [2.45, 2.75) is 19.6 Å². The molecule has 11 heavy (non-hydrogen) atoms. The maximum absolute atomic E-state index is 11.8. The minimum Gasteiger partial charge on any atom is -0.385 e. The van der Waals surface area contributed by atoms with Gasteiger partial charge in [0, 0.05) is 0 Å². The quantitative estimate of drug-likeness (QED) is 0.674. The van der Waals surface area contributed by atoms with Gasteiger partial charge in [-0.3, -0.25) is 0 Å². The predicted molar refractivity (Wildman–Crippen MR) is 29.7 cm³/mol. The van der Waals surface area contributed by atoms with Gasteiger partial charge < -0.3 is 5.11 Å². The highest BCUT2D eigenvalue weighted by atomic mass is 19.3. The van der Waals surface area contributed by atoms with Gasteiger partial charge in [-0.05, 0) is 12.1 Å². The van der Waals surface area contributed by atoms with Gasteiger partial charge in [-0.15, -0.1) is 10.2 Å². The number of tetrazole rings is 1. The van der Waals surface area contributed by atoms with Crippen LogP contribution in [0.1, 0.15) is 25.4 Å². The van der Waals surface area contributed by atoms with Gasteiger partial charge in [0.15, 0.2) is 0 Å². The van der Waals surface area contributed by atoms with E-state index in [-0.39, 0.29) is 10.6 Å². The summed E-state index contributed by atoms with van der Waals surface area (Å²) in [5.74, 6) is -0.106. The van der Waals surface area contributed by atoms with Crippen LogP contribution in [0.25, 0.3) is 0 Å². The third-order valence-electron chi connectivity index (χ3n) is 0.992. The Morgan fingerprint density at radius 2 is 2.18 bits per heavy atom. The standard InChI is InChI=1S/C4H6F2N4O/c1-2(11)3-7-9-10(8-3)4(5)6/h2,4,11H,1H3. The number of rotatable bonds is 2. The first-order chi connectivity index (χ1) is 5.11. The van der Waals surface area contributed by atoms with Gasteiger partial charge in [0.05, 0.1) is 0 Å². The van der Waals surface area contributed by atoms with E-state index < -0.39 is 12.7 Å². The Morgan fingerprint density at radius 1 is 1.55 bits per heavy atom. The molecule has 0 radical (unpaired) electrons. The molecule has 0 amide bonds. The molecule has 0 bridgehead atoms. The van der Waals surface area contributed by atoms with E-state index in [2.05, 4.69) is 15.4 Å². The van der Waals surface area contributed by atoms with Crippen LogP contribution in [0.2, 0.25) is 0 Å². The third kappa shape index (κ3) is 1.67. The lowest BCUT2D eigenvalue weighted by Gasteiger charge is -1.94. The zero-order valence-electron chi connectivity index (χ0n) is 5.65. The van der Waals surface area contributed by atoms with Crippen molar-refractivity contribution >= 4 is 0 Å². The molecule has 62 valence electrons. The van der Waals surface area contributed by atoms with Gasteiger partial charge in [0.1, 0.15) is 6.10 Å². The van der Waals surface area contributed by atoms with Crippen molar-refractivity contribution in [2.24, 2.45) is 0 Å². The maximum Gasteiger partial charge on any atom is 0.350 e. The number of nitrogens with zero attached hydrogens (tertiary/aromatic N) is 4. The fraction of sp³-hybridized carbons (Fsp3) is 0.750. The van der Waals surface area contributed by atoms with Gasteiger partial charge in [0.2, 0.25) is 5.82 Å². The van der Waals surface area contributed by atoms with Crippen molar-refractivity contribution in [1.82, 2.24) is 20.2 Å². The first-order valence-electron chi connectivity index (χ1n) is 2.87. The van der Waals surface area contributed by atoms with Gasteiger partial charge in [0.25, 0.3) is 0 Å². The smallest absolute Gasteiger partial charge is 0.350 e.